The highest BCUT2D eigenvalue weighted by Crippen LogP contribution is 2.16. The molecule has 0 bridgehead atoms. The summed E-state index contributed by atoms with van der Waals surface area (Å²) in [5.41, 5.74) is 12.9. The normalized spacial score (nSPS) is 13.3. The Morgan fingerprint density at radius 1 is 0.976 bits per heavy atom. The molecular formula is C26H30N6O9. The van der Waals surface area contributed by atoms with E-state index in [1.54, 1.807) is 18.2 Å². The summed E-state index contributed by atoms with van der Waals surface area (Å²) < 4.78 is 0. The van der Waals surface area contributed by atoms with Crippen LogP contribution in [0.15, 0.2) is 35.1 Å². The molecule has 0 aliphatic rings. The molecule has 1 unspecified atom stereocenters. The summed E-state index contributed by atoms with van der Waals surface area (Å²) in [5, 5.41) is 30.3. The van der Waals surface area contributed by atoms with Gasteiger partial charge in [0.25, 0.3) is 11.5 Å². The maximum atomic E-state index is 12.9. The fourth-order valence-electron chi connectivity index (χ4n) is 4.26. The van der Waals surface area contributed by atoms with Crippen LogP contribution in [0.25, 0.3) is 11.0 Å². The van der Waals surface area contributed by atoms with E-state index in [4.69, 9.17) is 21.7 Å². The lowest BCUT2D eigenvalue weighted by Crippen LogP contribution is -2.47. The van der Waals surface area contributed by atoms with Crippen LogP contribution in [0.4, 0.5) is 5.95 Å². The minimum atomic E-state index is -1.86. The van der Waals surface area contributed by atoms with Crippen molar-refractivity contribution < 1.29 is 39.3 Å². The number of nitrogens with one attached hydrogen (secondary N) is 3. The van der Waals surface area contributed by atoms with Crippen molar-refractivity contribution in [2.75, 3.05) is 5.73 Å². The van der Waals surface area contributed by atoms with E-state index < -0.39 is 66.9 Å². The molecule has 3 rings (SSSR count). The second-order valence-corrected chi connectivity index (χ2v) is 9.49. The summed E-state index contributed by atoms with van der Waals surface area (Å²) in [6.45, 7) is 0. The maximum Gasteiger partial charge on any atom is 0.320 e. The molecule has 0 saturated carbocycles. The molecule has 0 radical (unpaired) electrons. The lowest BCUT2D eigenvalue weighted by Gasteiger charge is -2.22. The Morgan fingerprint density at radius 3 is 2.27 bits per heavy atom. The number of nitrogens with two attached hydrogens (primary N) is 2. The van der Waals surface area contributed by atoms with Crippen LogP contribution in [0.3, 0.4) is 0 Å². The molecule has 10 N–H and O–H groups in total. The Labute approximate surface area is 232 Å². The van der Waals surface area contributed by atoms with E-state index in [-0.39, 0.29) is 17.1 Å². The number of nitrogen functional groups attached to an aromatic ring is 1. The third-order valence-electron chi connectivity index (χ3n) is 6.44. The number of carbonyl (C=O) groups excluding carboxylic acids is 2. The zero-order valence-electron chi connectivity index (χ0n) is 21.8. The molecule has 0 fully saturated rings. The average molecular weight is 571 g/mol. The molecule has 2 heterocycles. The van der Waals surface area contributed by atoms with Crippen molar-refractivity contribution in [3.8, 4) is 0 Å². The number of ketones is 1. The van der Waals surface area contributed by atoms with Gasteiger partial charge in [-0.1, -0.05) is 12.1 Å². The molecule has 3 aromatic rings. The number of carboxylic acid groups (broad SMARTS) is 3. The lowest BCUT2D eigenvalue weighted by molar-refractivity contribution is -0.148. The number of aromatic nitrogens is 3. The number of nitrogens with zero attached hydrogens (tertiary/aromatic N) is 1. The third-order valence-corrected chi connectivity index (χ3v) is 6.44. The average Bonchev–Trinajstić information content (AvgIpc) is 3.32. The van der Waals surface area contributed by atoms with E-state index in [0.29, 0.717) is 30.3 Å². The first kappa shape index (κ1) is 30.5. The second-order valence-electron chi connectivity index (χ2n) is 9.49. The number of rotatable bonds is 15. The predicted octanol–water partition coefficient (Wildman–Crippen LogP) is 0.0438. The van der Waals surface area contributed by atoms with Crippen molar-refractivity contribution in [2.45, 2.75) is 50.6 Å². The Bertz CT molecular complexity index is 1510. The largest absolute Gasteiger partial charge is 0.481 e. The number of amides is 1. The first-order valence-electron chi connectivity index (χ1n) is 12.6. The van der Waals surface area contributed by atoms with Gasteiger partial charge in [0.2, 0.25) is 5.95 Å². The number of carboxylic acids is 3. The van der Waals surface area contributed by atoms with Gasteiger partial charge in [-0.3, -0.25) is 33.8 Å². The van der Waals surface area contributed by atoms with E-state index in [1.807, 2.05) is 0 Å². The van der Waals surface area contributed by atoms with Crippen LogP contribution in [0, 0.1) is 5.92 Å². The first-order valence-corrected chi connectivity index (χ1v) is 12.6. The molecule has 218 valence electrons. The van der Waals surface area contributed by atoms with Crippen molar-refractivity contribution in [3.05, 3.63) is 57.5 Å². The Hall–Kier alpha value is -5.05. The second kappa shape index (κ2) is 13.3. The number of carbonyl (C=O) groups is 5. The smallest absolute Gasteiger partial charge is 0.320 e. The number of aliphatic carboxylic acids is 3. The molecule has 1 amide bonds. The van der Waals surface area contributed by atoms with Gasteiger partial charge in [-0.05, 0) is 55.9 Å². The molecule has 15 nitrogen and oxygen atoms in total. The molecule has 0 saturated heterocycles. The maximum absolute atomic E-state index is 12.9. The van der Waals surface area contributed by atoms with Crippen LogP contribution in [0.2, 0.25) is 0 Å². The van der Waals surface area contributed by atoms with Crippen molar-refractivity contribution in [1.29, 1.82) is 0 Å². The summed E-state index contributed by atoms with van der Waals surface area (Å²) in [4.78, 5) is 81.1. The molecule has 41 heavy (non-hydrogen) atoms. The molecule has 15 heteroatoms. The van der Waals surface area contributed by atoms with Crippen LogP contribution < -0.4 is 22.3 Å². The Morgan fingerprint density at radius 2 is 1.66 bits per heavy atom. The third kappa shape index (κ3) is 8.22. The van der Waals surface area contributed by atoms with Gasteiger partial charge in [0.15, 0.2) is 5.78 Å². The minimum Gasteiger partial charge on any atom is -0.481 e. The molecular weight excluding hydrogens is 540 g/mol. The standard InChI is InChI=1S/C26H30N6O9/c27-17(25(40)41)11-15(24(38)39)20(35)18(8-9-19(33)34)30-22(36)13-6-4-12(5-7-13)2-1-3-14-10-16-21(29-14)31-26(28)32-23(16)37/h4-7,10,15,17-18H,1-3,8-9,11,27H2,(H,30,36)(H,33,34)(H,38,39)(H,40,41)(H4,28,29,31,32,37)/t15?,17-,18-/m0/s1. The Kier molecular flexibility index (Phi) is 9.92. The van der Waals surface area contributed by atoms with Crippen LogP contribution in [-0.4, -0.2) is 72.0 Å². The number of hydrogen-bond donors (Lipinski definition) is 8. The Balaban J connectivity index is 1.64. The SMILES string of the molecule is Nc1nc2[nH]c(CCCc3ccc(C(=O)N[C@@H](CCC(=O)O)C(=O)C(C[C@H](N)C(=O)O)C(=O)O)cc3)cc2c(=O)[nH]1. The monoisotopic (exact) mass is 570 g/mol. The van der Waals surface area contributed by atoms with Crippen molar-refractivity contribution in [2.24, 2.45) is 11.7 Å². The number of H-pyrrole nitrogens is 2. The summed E-state index contributed by atoms with van der Waals surface area (Å²) in [5.74, 6) is -8.03. The zero-order chi connectivity index (χ0) is 30.3. The van der Waals surface area contributed by atoms with E-state index >= 15 is 0 Å². The molecule has 2 aromatic heterocycles. The van der Waals surface area contributed by atoms with Crippen LogP contribution in [0.5, 0.6) is 0 Å². The molecule has 1 aromatic carbocycles. The zero-order valence-corrected chi connectivity index (χ0v) is 21.8. The number of aromatic amines is 2. The molecule has 0 aliphatic carbocycles. The molecule has 0 spiro atoms. The number of aryl methyl sites for hydroxylation is 2. The van der Waals surface area contributed by atoms with Crippen LogP contribution in [0.1, 0.15) is 47.3 Å². The van der Waals surface area contributed by atoms with Gasteiger partial charge in [-0.15, -0.1) is 0 Å². The van der Waals surface area contributed by atoms with Gasteiger partial charge >= 0.3 is 17.9 Å². The summed E-state index contributed by atoms with van der Waals surface area (Å²) >= 11 is 0. The van der Waals surface area contributed by atoms with Gasteiger partial charge in [-0.25, -0.2) is 0 Å². The predicted molar refractivity (Wildman–Crippen MR) is 144 cm³/mol. The quantitative estimate of drug-likeness (QED) is 0.113. The van der Waals surface area contributed by atoms with Gasteiger partial charge < -0.3 is 37.1 Å². The van der Waals surface area contributed by atoms with Crippen LogP contribution in [-0.2, 0) is 32.0 Å². The number of anilines is 1. The number of hydrogen-bond acceptors (Lipinski definition) is 9. The first-order chi connectivity index (χ1) is 19.3. The molecule has 3 atom stereocenters. The topological polar surface area (TPSA) is 272 Å². The molecule has 0 aliphatic heterocycles. The fraction of sp³-hybridized carbons (Fsp3) is 0.346. The highest BCUT2D eigenvalue weighted by Gasteiger charge is 2.36. The number of benzene rings is 1. The van der Waals surface area contributed by atoms with E-state index in [0.717, 1.165) is 11.3 Å². The van der Waals surface area contributed by atoms with Gasteiger partial charge in [0.05, 0.1) is 11.4 Å². The van der Waals surface area contributed by atoms with E-state index in [1.165, 1.54) is 12.1 Å². The summed E-state index contributed by atoms with van der Waals surface area (Å²) in [6, 6.07) is 4.99. The minimum absolute atomic E-state index is 0.0155. The van der Waals surface area contributed by atoms with Gasteiger partial charge in [-0.2, -0.15) is 4.98 Å². The number of Topliss-reactive ketones (excluding diaryl/α,β-unsaturated/α-hetero) is 1. The van der Waals surface area contributed by atoms with Crippen LogP contribution >= 0.6 is 0 Å². The van der Waals surface area contributed by atoms with Crippen molar-refractivity contribution in [1.82, 2.24) is 20.3 Å². The van der Waals surface area contributed by atoms with E-state index in [2.05, 4.69) is 20.3 Å². The van der Waals surface area contributed by atoms with Gasteiger partial charge in [0.1, 0.15) is 17.6 Å². The van der Waals surface area contributed by atoms with Crippen molar-refractivity contribution in [3.63, 3.8) is 0 Å². The van der Waals surface area contributed by atoms with Crippen molar-refractivity contribution >= 4 is 46.6 Å². The van der Waals surface area contributed by atoms with E-state index in [9.17, 15) is 33.9 Å². The van der Waals surface area contributed by atoms with Gasteiger partial charge in [0, 0.05) is 17.7 Å². The summed E-state index contributed by atoms with van der Waals surface area (Å²) in [7, 11) is 0. The summed E-state index contributed by atoms with van der Waals surface area (Å²) in [6.07, 6.45) is 0.283. The lowest BCUT2D eigenvalue weighted by atomic mass is 9.89. The highest BCUT2D eigenvalue weighted by molar-refractivity contribution is 6.04. The highest BCUT2D eigenvalue weighted by atomic mass is 16.4. The fourth-order valence-corrected chi connectivity index (χ4v) is 4.26. The number of fused-ring (bicyclic) bond motifs is 1.